The van der Waals surface area contributed by atoms with Crippen LogP contribution in [0.3, 0.4) is 0 Å². The Balaban J connectivity index is 0.00000162. The van der Waals surface area contributed by atoms with Crippen LogP contribution in [0.1, 0.15) is 11.1 Å². The average Bonchev–Trinajstić information content (AvgIpc) is 2.39. The molecular formula is C15H18ClNO. The van der Waals surface area contributed by atoms with Crippen LogP contribution in [0.2, 0.25) is 0 Å². The molecule has 0 aliphatic heterocycles. The second-order valence-electron chi connectivity index (χ2n) is 3.92. The Morgan fingerprint density at radius 3 is 2.28 bits per heavy atom. The molecule has 0 unspecified atom stereocenters. The van der Waals surface area contributed by atoms with E-state index in [-0.39, 0.29) is 12.4 Å². The van der Waals surface area contributed by atoms with Crippen molar-refractivity contribution in [2.24, 2.45) is 5.73 Å². The highest BCUT2D eigenvalue weighted by Gasteiger charge is 2.01. The fraction of sp³-hybridized carbons (Fsp3) is 0.200. The summed E-state index contributed by atoms with van der Waals surface area (Å²) in [6.07, 6.45) is 0.852. The lowest BCUT2D eigenvalue weighted by Gasteiger charge is -2.10. The summed E-state index contributed by atoms with van der Waals surface area (Å²) in [6.45, 7) is 1.24. The summed E-state index contributed by atoms with van der Waals surface area (Å²) < 4.78 is 5.82. The first-order chi connectivity index (χ1) is 8.40. The molecule has 0 aromatic heterocycles. The largest absolute Gasteiger partial charge is 0.489 e. The van der Waals surface area contributed by atoms with Crippen LogP contribution in [0.25, 0.3) is 0 Å². The molecule has 0 heterocycles. The van der Waals surface area contributed by atoms with Gasteiger partial charge in [-0.2, -0.15) is 0 Å². The van der Waals surface area contributed by atoms with Gasteiger partial charge in [0.1, 0.15) is 12.4 Å². The molecule has 0 amide bonds. The molecule has 3 heteroatoms. The van der Waals surface area contributed by atoms with Gasteiger partial charge in [0.2, 0.25) is 0 Å². The molecule has 2 aromatic rings. The standard InChI is InChI=1S/C15H17NO.ClH/c16-11-10-14-8-4-5-9-15(14)17-12-13-6-2-1-3-7-13;/h1-9H,10-12,16H2;1H. The number of nitrogens with two attached hydrogens (primary N) is 1. The normalized spacial score (nSPS) is 9.61. The number of benzene rings is 2. The molecule has 96 valence electrons. The highest BCUT2D eigenvalue weighted by molar-refractivity contribution is 5.85. The molecule has 2 nitrogen and oxygen atoms in total. The van der Waals surface area contributed by atoms with Crippen LogP contribution in [0.5, 0.6) is 5.75 Å². The number of halogens is 1. The Labute approximate surface area is 114 Å². The van der Waals surface area contributed by atoms with Crippen molar-refractivity contribution >= 4 is 12.4 Å². The third-order valence-electron chi connectivity index (χ3n) is 2.62. The monoisotopic (exact) mass is 263 g/mol. The fourth-order valence-electron chi connectivity index (χ4n) is 1.74. The molecule has 0 radical (unpaired) electrons. The van der Waals surface area contributed by atoms with Gasteiger partial charge in [-0.15, -0.1) is 12.4 Å². The van der Waals surface area contributed by atoms with Crippen LogP contribution in [-0.2, 0) is 13.0 Å². The summed E-state index contributed by atoms with van der Waals surface area (Å²) >= 11 is 0. The van der Waals surface area contributed by atoms with Gasteiger partial charge >= 0.3 is 0 Å². The summed E-state index contributed by atoms with van der Waals surface area (Å²) in [5, 5.41) is 0. The Morgan fingerprint density at radius 2 is 1.56 bits per heavy atom. The Morgan fingerprint density at radius 1 is 0.889 bits per heavy atom. The van der Waals surface area contributed by atoms with Crippen molar-refractivity contribution in [3.63, 3.8) is 0 Å². The highest BCUT2D eigenvalue weighted by Crippen LogP contribution is 2.19. The van der Waals surface area contributed by atoms with Crippen LogP contribution in [0.15, 0.2) is 54.6 Å². The van der Waals surface area contributed by atoms with Crippen molar-refractivity contribution in [2.75, 3.05) is 6.54 Å². The molecule has 0 fully saturated rings. The maximum Gasteiger partial charge on any atom is 0.123 e. The molecule has 0 aliphatic rings. The van der Waals surface area contributed by atoms with Gasteiger partial charge in [-0.25, -0.2) is 0 Å². The van der Waals surface area contributed by atoms with Gasteiger partial charge < -0.3 is 10.5 Å². The van der Waals surface area contributed by atoms with Crippen LogP contribution in [0.4, 0.5) is 0 Å². The Hall–Kier alpha value is -1.51. The molecule has 2 aromatic carbocycles. The van der Waals surface area contributed by atoms with Crippen molar-refractivity contribution in [1.82, 2.24) is 0 Å². The topological polar surface area (TPSA) is 35.2 Å². The van der Waals surface area contributed by atoms with Crippen molar-refractivity contribution in [3.8, 4) is 5.75 Å². The summed E-state index contributed by atoms with van der Waals surface area (Å²) in [5.41, 5.74) is 7.93. The minimum atomic E-state index is 0. The zero-order chi connectivity index (χ0) is 11.9. The average molecular weight is 264 g/mol. The summed E-state index contributed by atoms with van der Waals surface area (Å²) in [7, 11) is 0. The number of hydrogen-bond acceptors (Lipinski definition) is 2. The summed E-state index contributed by atoms with van der Waals surface area (Å²) in [5.74, 6) is 0.932. The minimum absolute atomic E-state index is 0. The van der Waals surface area contributed by atoms with Gasteiger partial charge in [0.05, 0.1) is 0 Å². The van der Waals surface area contributed by atoms with Gasteiger partial charge in [0.15, 0.2) is 0 Å². The number of ether oxygens (including phenoxy) is 1. The van der Waals surface area contributed by atoms with Crippen LogP contribution in [-0.4, -0.2) is 6.54 Å². The summed E-state index contributed by atoms with van der Waals surface area (Å²) in [4.78, 5) is 0. The van der Waals surface area contributed by atoms with Gasteiger partial charge in [-0.1, -0.05) is 48.5 Å². The first kappa shape index (κ1) is 14.6. The molecule has 0 aliphatic carbocycles. The van der Waals surface area contributed by atoms with Crippen LogP contribution >= 0.6 is 12.4 Å². The number of hydrogen-bond donors (Lipinski definition) is 1. The van der Waals surface area contributed by atoms with Crippen molar-refractivity contribution in [3.05, 3.63) is 65.7 Å². The zero-order valence-electron chi connectivity index (χ0n) is 10.2. The number of rotatable bonds is 5. The lowest BCUT2D eigenvalue weighted by Crippen LogP contribution is -2.05. The van der Waals surface area contributed by atoms with Crippen molar-refractivity contribution in [1.29, 1.82) is 0 Å². The fourth-order valence-corrected chi connectivity index (χ4v) is 1.74. The maximum absolute atomic E-state index is 5.82. The quantitative estimate of drug-likeness (QED) is 0.899. The van der Waals surface area contributed by atoms with E-state index in [1.54, 1.807) is 0 Å². The summed E-state index contributed by atoms with van der Waals surface area (Å²) in [6, 6.07) is 18.2. The second kappa shape index (κ2) is 7.75. The van der Waals surface area contributed by atoms with Crippen molar-refractivity contribution in [2.45, 2.75) is 13.0 Å². The van der Waals surface area contributed by atoms with Gasteiger partial charge in [-0.05, 0) is 30.2 Å². The van der Waals surface area contributed by atoms with Gasteiger partial charge in [0, 0.05) is 0 Å². The highest BCUT2D eigenvalue weighted by atomic mass is 35.5. The predicted molar refractivity (Wildman–Crippen MR) is 77.2 cm³/mol. The molecule has 2 rings (SSSR count). The van der Waals surface area contributed by atoms with E-state index < -0.39 is 0 Å². The lowest BCUT2D eigenvalue weighted by molar-refractivity contribution is 0.303. The van der Waals surface area contributed by atoms with E-state index in [0.717, 1.165) is 12.2 Å². The van der Waals surface area contributed by atoms with Crippen LogP contribution in [0, 0.1) is 0 Å². The van der Waals surface area contributed by atoms with E-state index in [1.807, 2.05) is 36.4 Å². The molecule has 18 heavy (non-hydrogen) atoms. The van der Waals surface area contributed by atoms with E-state index in [9.17, 15) is 0 Å². The third-order valence-corrected chi connectivity index (χ3v) is 2.62. The zero-order valence-corrected chi connectivity index (χ0v) is 11.0. The second-order valence-corrected chi connectivity index (χ2v) is 3.92. The Bertz CT molecular complexity index is 459. The van der Waals surface area contributed by atoms with E-state index in [0.29, 0.717) is 13.2 Å². The number of para-hydroxylation sites is 1. The molecule has 2 N–H and O–H groups in total. The SMILES string of the molecule is Cl.NCCc1ccccc1OCc1ccccc1. The van der Waals surface area contributed by atoms with E-state index in [4.69, 9.17) is 10.5 Å². The van der Waals surface area contributed by atoms with E-state index in [2.05, 4.69) is 18.2 Å². The first-order valence-electron chi connectivity index (χ1n) is 5.85. The van der Waals surface area contributed by atoms with Gasteiger partial charge in [-0.3, -0.25) is 0 Å². The third kappa shape index (κ3) is 4.06. The van der Waals surface area contributed by atoms with E-state index >= 15 is 0 Å². The molecule has 0 spiro atoms. The van der Waals surface area contributed by atoms with E-state index in [1.165, 1.54) is 11.1 Å². The molecule has 0 bridgehead atoms. The molecule has 0 atom stereocenters. The van der Waals surface area contributed by atoms with Crippen molar-refractivity contribution < 1.29 is 4.74 Å². The first-order valence-corrected chi connectivity index (χ1v) is 5.85. The predicted octanol–water partition coefficient (Wildman–Crippen LogP) is 3.19. The molecule has 0 saturated carbocycles. The lowest BCUT2D eigenvalue weighted by atomic mass is 10.1. The Kier molecular flexibility index (Phi) is 6.26. The molecule has 0 saturated heterocycles. The minimum Gasteiger partial charge on any atom is -0.489 e. The maximum atomic E-state index is 5.82. The van der Waals surface area contributed by atoms with Crippen LogP contribution < -0.4 is 10.5 Å². The smallest absolute Gasteiger partial charge is 0.123 e. The molecular weight excluding hydrogens is 246 g/mol. The van der Waals surface area contributed by atoms with Gasteiger partial charge in [0.25, 0.3) is 0 Å².